The predicted molar refractivity (Wildman–Crippen MR) is 26.9 cm³/mol. The SMILES string of the molecule is [B]OP(=O)(O)O.[H-].[H-].[Sr+2]. The second-order valence-corrected chi connectivity index (χ2v) is 1.79. The van der Waals surface area contributed by atoms with Gasteiger partial charge in [-0.2, -0.15) is 0 Å². The van der Waals surface area contributed by atoms with Crippen molar-refractivity contribution in [2.24, 2.45) is 0 Å². The molecular formula is H4BO4PSr. The first-order valence-electron chi connectivity index (χ1n) is 1.00. The maximum absolute atomic E-state index is 9.35. The molecule has 0 atom stereocenters. The van der Waals surface area contributed by atoms with Crippen LogP contribution in [0.15, 0.2) is 0 Å². The van der Waals surface area contributed by atoms with Crippen LogP contribution in [0, 0.1) is 0 Å². The van der Waals surface area contributed by atoms with Crippen molar-refractivity contribution in [1.82, 2.24) is 0 Å². The average molecular weight is 197 g/mol. The van der Waals surface area contributed by atoms with Gasteiger partial charge in [0.1, 0.15) is 0 Å². The van der Waals surface area contributed by atoms with Crippen LogP contribution in [0.1, 0.15) is 2.85 Å². The van der Waals surface area contributed by atoms with E-state index in [0.717, 1.165) is 0 Å². The van der Waals surface area contributed by atoms with Gasteiger partial charge in [-0.25, -0.2) is 4.57 Å². The van der Waals surface area contributed by atoms with Gasteiger partial charge in [0.2, 0.25) is 0 Å². The standard InChI is InChI=1S/BH2O4P.Sr.2H/c1-5-6(2,3)4;;;/h(H2,2,3,4);;;/q;+2;2*-1. The van der Waals surface area contributed by atoms with Gasteiger partial charge < -0.3 is 17.1 Å². The van der Waals surface area contributed by atoms with Crippen molar-refractivity contribution < 1.29 is 21.6 Å². The van der Waals surface area contributed by atoms with Crippen LogP contribution in [0.2, 0.25) is 0 Å². The van der Waals surface area contributed by atoms with Crippen LogP contribution in [0.5, 0.6) is 0 Å². The minimum absolute atomic E-state index is 0. The summed E-state index contributed by atoms with van der Waals surface area (Å²) < 4.78 is 12.5. The molecule has 4 nitrogen and oxygen atoms in total. The molecule has 0 heterocycles. The maximum Gasteiger partial charge on any atom is 2.00 e. The van der Waals surface area contributed by atoms with E-state index in [9.17, 15) is 4.57 Å². The van der Waals surface area contributed by atoms with E-state index in [-0.39, 0.29) is 48.3 Å². The van der Waals surface area contributed by atoms with Crippen LogP contribution in [0.3, 0.4) is 0 Å². The van der Waals surface area contributed by atoms with E-state index in [2.05, 4.69) is 12.5 Å². The van der Waals surface area contributed by atoms with E-state index in [1.807, 2.05) is 0 Å². The van der Waals surface area contributed by atoms with E-state index in [4.69, 9.17) is 9.79 Å². The molecule has 0 aliphatic rings. The van der Waals surface area contributed by atoms with Crippen molar-refractivity contribution >= 4 is 61.4 Å². The second kappa shape index (κ2) is 4.53. The van der Waals surface area contributed by atoms with E-state index >= 15 is 0 Å². The largest absolute Gasteiger partial charge is 2.00 e. The molecule has 0 aliphatic heterocycles. The molecule has 0 unspecified atom stereocenters. The second-order valence-electron chi connectivity index (χ2n) is 0.596. The molecule has 0 aliphatic carbocycles. The van der Waals surface area contributed by atoms with Crippen molar-refractivity contribution in [1.29, 1.82) is 0 Å². The summed E-state index contributed by atoms with van der Waals surface area (Å²) >= 11 is 0. The minimum atomic E-state index is -4.37. The third-order valence-electron chi connectivity index (χ3n) is 0.137. The molecule has 0 saturated carbocycles. The molecule has 0 rings (SSSR count). The minimum Gasteiger partial charge on any atom is -1.00 e. The fourth-order valence-electron chi connectivity index (χ4n) is 0. The van der Waals surface area contributed by atoms with Crippen molar-refractivity contribution in [3.63, 3.8) is 0 Å². The predicted octanol–water partition coefficient (Wildman–Crippen LogP) is -0.977. The molecule has 0 aromatic rings. The Morgan fingerprint density at radius 3 is 1.86 bits per heavy atom. The molecule has 0 spiro atoms. The van der Waals surface area contributed by atoms with Crippen LogP contribution in [-0.2, 0) is 9.01 Å². The van der Waals surface area contributed by atoms with Gasteiger partial charge in [-0.1, -0.05) is 0 Å². The first-order chi connectivity index (χ1) is 2.56. The summed E-state index contributed by atoms with van der Waals surface area (Å²) in [5.41, 5.74) is 0. The molecular weight excluding hydrogens is 193 g/mol. The summed E-state index contributed by atoms with van der Waals surface area (Å²) in [5, 5.41) is 0. The van der Waals surface area contributed by atoms with Crippen LogP contribution < -0.4 is 0 Å². The summed E-state index contributed by atoms with van der Waals surface area (Å²) in [7, 11) is -0.326. The summed E-state index contributed by atoms with van der Waals surface area (Å²) in [6, 6.07) is 0. The fraction of sp³-hybridized carbons (Fsp3) is 0. The third-order valence-corrected chi connectivity index (χ3v) is 0.412. The van der Waals surface area contributed by atoms with Crippen LogP contribution >= 0.6 is 7.82 Å². The topological polar surface area (TPSA) is 66.8 Å². The van der Waals surface area contributed by atoms with Crippen molar-refractivity contribution in [2.45, 2.75) is 0 Å². The Morgan fingerprint density at radius 2 is 1.86 bits per heavy atom. The Bertz CT molecular complexity index is 82.6. The van der Waals surface area contributed by atoms with Gasteiger partial charge in [-0.3, -0.25) is 0 Å². The van der Waals surface area contributed by atoms with Gasteiger partial charge in [-0.05, 0) is 0 Å². The van der Waals surface area contributed by atoms with Gasteiger partial charge in [0, 0.05) is 0 Å². The zero-order valence-corrected chi connectivity index (χ0v) is 7.81. The van der Waals surface area contributed by atoms with Gasteiger partial charge in [0.05, 0.1) is 0 Å². The van der Waals surface area contributed by atoms with E-state index in [0.29, 0.717) is 0 Å². The number of hydrogen-bond donors (Lipinski definition) is 2. The molecule has 2 radical (unpaired) electrons. The quantitative estimate of drug-likeness (QED) is 0.419. The number of hydrogen-bond acceptors (Lipinski definition) is 2. The molecule has 7 heavy (non-hydrogen) atoms. The normalized spacial score (nSPS) is 10.0. The zero-order valence-electron chi connectivity index (χ0n) is 5.44. The molecule has 0 aromatic heterocycles. The fourth-order valence-corrected chi connectivity index (χ4v) is 0. The Morgan fingerprint density at radius 1 is 1.71 bits per heavy atom. The van der Waals surface area contributed by atoms with Crippen LogP contribution in [0.4, 0.5) is 0 Å². The van der Waals surface area contributed by atoms with Crippen LogP contribution in [-0.4, -0.2) is 63.3 Å². The van der Waals surface area contributed by atoms with E-state index < -0.39 is 7.82 Å². The first kappa shape index (κ1) is 11.5. The Labute approximate surface area is 82.2 Å². The smallest absolute Gasteiger partial charge is 1.00 e. The van der Waals surface area contributed by atoms with Gasteiger partial charge in [0.25, 0.3) is 8.05 Å². The molecule has 0 fully saturated rings. The molecule has 38 valence electrons. The third kappa shape index (κ3) is 11.3. The zero-order chi connectivity index (χ0) is 5.21. The Hall–Kier alpha value is 1.66. The van der Waals surface area contributed by atoms with E-state index in [1.165, 1.54) is 0 Å². The molecule has 7 heteroatoms. The maximum atomic E-state index is 9.35. The summed E-state index contributed by atoms with van der Waals surface area (Å²) in [6.45, 7) is 0. The summed E-state index contributed by atoms with van der Waals surface area (Å²) in [6.07, 6.45) is 0. The molecule has 0 aromatic carbocycles. The first-order valence-corrected chi connectivity index (χ1v) is 2.53. The average Bonchev–Trinajstić information content (AvgIpc) is 1.35. The van der Waals surface area contributed by atoms with Crippen molar-refractivity contribution in [3.8, 4) is 0 Å². The summed E-state index contributed by atoms with van der Waals surface area (Å²) in [5.74, 6) is 0. The van der Waals surface area contributed by atoms with Gasteiger partial charge in [-0.15, -0.1) is 0 Å². The van der Waals surface area contributed by atoms with Gasteiger partial charge in [0.15, 0.2) is 0 Å². The van der Waals surface area contributed by atoms with Gasteiger partial charge >= 0.3 is 53.3 Å². The monoisotopic (exact) mass is 198 g/mol. The van der Waals surface area contributed by atoms with Crippen molar-refractivity contribution in [3.05, 3.63) is 0 Å². The Kier molecular flexibility index (Phi) is 7.40. The summed E-state index contributed by atoms with van der Waals surface area (Å²) in [4.78, 5) is 15.2. The van der Waals surface area contributed by atoms with Crippen molar-refractivity contribution in [2.75, 3.05) is 0 Å². The molecule has 0 bridgehead atoms. The molecule has 0 saturated heterocycles. The van der Waals surface area contributed by atoms with Crippen LogP contribution in [0.25, 0.3) is 0 Å². The number of phosphoric acid groups is 1. The molecule has 2 N–H and O–H groups in total. The Balaban J connectivity index is -0.0000000417. The molecule has 0 amide bonds. The number of rotatable bonds is 1. The van der Waals surface area contributed by atoms with E-state index in [1.54, 1.807) is 0 Å².